The first-order valence-corrected chi connectivity index (χ1v) is 7.73. The quantitative estimate of drug-likeness (QED) is 0.800. The maximum Gasteiger partial charge on any atom is 0.114 e. The summed E-state index contributed by atoms with van der Waals surface area (Å²) in [7, 11) is 2.08. The van der Waals surface area contributed by atoms with Crippen molar-refractivity contribution in [2.24, 2.45) is 12.8 Å². The van der Waals surface area contributed by atoms with Crippen molar-refractivity contribution in [2.75, 3.05) is 6.54 Å². The van der Waals surface area contributed by atoms with E-state index in [1.54, 1.807) is 0 Å². The van der Waals surface area contributed by atoms with E-state index < -0.39 is 0 Å². The van der Waals surface area contributed by atoms with Gasteiger partial charge in [0.25, 0.3) is 0 Å². The maximum atomic E-state index is 6.01. The minimum absolute atomic E-state index is 0.268. The Bertz CT molecular complexity index is 726. The maximum absolute atomic E-state index is 6.01. The van der Waals surface area contributed by atoms with E-state index in [9.17, 15) is 0 Å². The predicted octanol–water partition coefficient (Wildman–Crippen LogP) is 3.23. The fourth-order valence-electron chi connectivity index (χ4n) is 2.65. The van der Waals surface area contributed by atoms with Gasteiger partial charge < -0.3 is 10.3 Å². The molecular formula is C16H19N3S. The standard InChI is InChI=1S/C16H19N3S/c1-11-7-8-20-15(11)9-12(10-17)16-18-13-5-3-4-6-14(13)19(16)2/h3-8,12H,9-10,17H2,1-2H3. The normalized spacial score (nSPS) is 12.9. The molecular weight excluding hydrogens is 266 g/mol. The number of fused-ring (bicyclic) bond motifs is 1. The van der Waals surface area contributed by atoms with E-state index in [2.05, 4.69) is 48.2 Å². The van der Waals surface area contributed by atoms with Crippen LogP contribution in [0.5, 0.6) is 0 Å². The number of nitrogens with zero attached hydrogens (tertiary/aromatic N) is 2. The molecule has 2 N–H and O–H groups in total. The van der Waals surface area contributed by atoms with Gasteiger partial charge in [0.1, 0.15) is 5.82 Å². The lowest BCUT2D eigenvalue weighted by atomic mass is 10.0. The molecule has 0 amide bonds. The van der Waals surface area contributed by atoms with E-state index in [4.69, 9.17) is 10.7 Å². The highest BCUT2D eigenvalue weighted by Crippen LogP contribution is 2.27. The highest BCUT2D eigenvalue weighted by Gasteiger charge is 2.19. The van der Waals surface area contributed by atoms with E-state index in [0.717, 1.165) is 17.8 Å². The van der Waals surface area contributed by atoms with Gasteiger partial charge in [-0.1, -0.05) is 12.1 Å². The summed E-state index contributed by atoms with van der Waals surface area (Å²) in [5, 5.41) is 2.15. The number of rotatable bonds is 4. The van der Waals surface area contributed by atoms with Crippen LogP contribution < -0.4 is 5.73 Å². The Labute approximate surface area is 123 Å². The first-order valence-electron chi connectivity index (χ1n) is 6.85. The summed E-state index contributed by atoms with van der Waals surface area (Å²) in [4.78, 5) is 6.19. The number of thiophene rings is 1. The second-order valence-corrected chi connectivity index (χ2v) is 6.18. The van der Waals surface area contributed by atoms with E-state index in [1.165, 1.54) is 16.0 Å². The first-order chi connectivity index (χ1) is 9.70. The number of aromatic nitrogens is 2. The molecule has 0 spiro atoms. The molecule has 2 heterocycles. The monoisotopic (exact) mass is 285 g/mol. The zero-order chi connectivity index (χ0) is 14.1. The number of nitrogens with two attached hydrogens (primary N) is 1. The molecule has 0 aliphatic rings. The predicted molar refractivity (Wildman–Crippen MR) is 85.3 cm³/mol. The fraction of sp³-hybridized carbons (Fsp3) is 0.312. The lowest BCUT2D eigenvalue weighted by Crippen LogP contribution is -2.18. The van der Waals surface area contributed by atoms with Gasteiger partial charge in [0.05, 0.1) is 11.0 Å². The van der Waals surface area contributed by atoms with Crippen molar-refractivity contribution in [2.45, 2.75) is 19.3 Å². The minimum Gasteiger partial charge on any atom is -0.331 e. The lowest BCUT2D eigenvalue weighted by Gasteiger charge is -2.14. The van der Waals surface area contributed by atoms with Crippen LogP contribution in [0.25, 0.3) is 11.0 Å². The molecule has 0 aliphatic heterocycles. The lowest BCUT2D eigenvalue weighted by molar-refractivity contribution is 0.626. The van der Waals surface area contributed by atoms with Gasteiger partial charge in [-0.2, -0.15) is 0 Å². The smallest absolute Gasteiger partial charge is 0.114 e. The van der Waals surface area contributed by atoms with Crippen LogP contribution in [0.4, 0.5) is 0 Å². The van der Waals surface area contributed by atoms with Crippen molar-refractivity contribution in [3.05, 3.63) is 52.0 Å². The Morgan fingerprint density at radius 2 is 2.10 bits per heavy atom. The fourth-order valence-corrected chi connectivity index (χ4v) is 3.63. The van der Waals surface area contributed by atoms with Crippen molar-refractivity contribution in [3.63, 3.8) is 0 Å². The van der Waals surface area contributed by atoms with Gasteiger partial charge in [0.2, 0.25) is 0 Å². The zero-order valence-electron chi connectivity index (χ0n) is 11.8. The molecule has 0 saturated carbocycles. The average molecular weight is 285 g/mol. The van der Waals surface area contributed by atoms with Crippen molar-refractivity contribution >= 4 is 22.4 Å². The Hall–Kier alpha value is -1.65. The molecule has 0 aliphatic carbocycles. The van der Waals surface area contributed by atoms with Crippen LogP contribution in [0.3, 0.4) is 0 Å². The molecule has 3 nitrogen and oxygen atoms in total. The molecule has 104 valence electrons. The van der Waals surface area contributed by atoms with Crippen LogP contribution in [0.15, 0.2) is 35.7 Å². The number of hydrogen-bond acceptors (Lipinski definition) is 3. The third-order valence-electron chi connectivity index (χ3n) is 3.87. The van der Waals surface area contributed by atoms with Crippen LogP contribution in [0, 0.1) is 6.92 Å². The van der Waals surface area contributed by atoms with Gasteiger partial charge in [-0.3, -0.25) is 0 Å². The van der Waals surface area contributed by atoms with Crippen molar-refractivity contribution < 1.29 is 0 Å². The molecule has 1 aromatic carbocycles. The topological polar surface area (TPSA) is 43.8 Å². The van der Waals surface area contributed by atoms with Gasteiger partial charge >= 0.3 is 0 Å². The Morgan fingerprint density at radius 1 is 1.30 bits per heavy atom. The van der Waals surface area contributed by atoms with Gasteiger partial charge in [-0.25, -0.2) is 4.98 Å². The third-order valence-corrected chi connectivity index (χ3v) is 4.92. The highest BCUT2D eigenvalue weighted by molar-refractivity contribution is 7.10. The van der Waals surface area contributed by atoms with Crippen molar-refractivity contribution in [3.8, 4) is 0 Å². The molecule has 3 rings (SSSR count). The number of imidazole rings is 1. The molecule has 0 fully saturated rings. The Kier molecular flexibility index (Phi) is 3.59. The molecule has 0 saturated heterocycles. The van der Waals surface area contributed by atoms with Crippen LogP contribution >= 0.6 is 11.3 Å². The summed E-state index contributed by atoms with van der Waals surface area (Å²) in [6, 6.07) is 10.4. The van der Waals surface area contributed by atoms with Crippen molar-refractivity contribution in [1.29, 1.82) is 0 Å². The second kappa shape index (κ2) is 5.38. The number of hydrogen-bond donors (Lipinski definition) is 1. The van der Waals surface area contributed by atoms with Gasteiger partial charge in [0.15, 0.2) is 0 Å². The highest BCUT2D eigenvalue weighted by atomic mass is 32.1. The molecule has 3 aromatic rings. The average Bonchev–Trinajstić information content (AvgIpc) is 3.01. The van der Waals surface area contributed by atoms with E-state index in [1.807, 2.05) is 17.4 Å². The van der Waals surface area contributed by atoms with Gasteiger partial charge in [0, 0.05) is 24.4 Å². The third kappa shape index (κ3) is 2.25. The molecule has 20 heavy (non-hydrogen) atoms. The van der Waals surface area contributed by atoms with Crippen LogP contribution in [-0.4, -0.2) is 16.1 Å². The summed E-state index contributed by atoms with van der Waals surface area (Å²) < 4.78 is 2.18. The molecule has 4 heteroatoms. The Balaban J connectivity index is 1.99. The van der Waals surface area contributed by atoms with E-state index in [0.29, 0.717) is 6.54 Å². The minimum atomic E-state index is 0.268. The van der Waals surface area contributed by atoms with Gasteiger partial charge in [-0.15, -0.1) is 11.3 Å². The number of para-hydroxylation sites is 2. The Morgan fingerprint density at radius 3 is 2.75 bits per heavy atom. The SMILES string of the molecule is Cc1ccsc1CC(CN)c1nc2ccccc2n1C. The van der Waals surface area contributed by atoms with Crippen LogP contribution in [0.1, 0.15) is 22.2 Å². The summed E-state index contributed by atoms with van der Waals surface area (Å²) in [5.41, 5.74) is 9.59. The molecule has 1 atom stereocenters. The van der Waals surface area contributed by atoms with E-state index in [-0.39, 0.29) is 5.92 Å². The van der Waals surface area contributed by atoms with Crippen LogP contribution in [-0.2, 0) is 13.5 Å². The van der Waals surface area contributed by atoms with Crippen molar-refractivity contribution in [1.82, 2.24) is 9.55 Å². The summed E-state index contributed by atoms with van der Waals surface area (Å²) in [6.07, 6.45) is 0.969. The van der Waals surface area contributed by atoms with Gasteiger partial charge in [-0.05, 0) is 42.5 Å². The molecule has 1 unspecified atom stereocenters. The summed E-state index contributed by atoms with van der Waals surface area (Å²) in [5.74, 6) is 1.35. The second-order valence-electron chi connectivity index (χ2n) is 5.18. The largest absolute Gasteiger partial charge is 0.331 e. The molecule has 2 aromatic heterocycles. The zero-order valence-corrected chi connectivity index (χ0v) is 12.7. The molecule has 0 bridgehead atoms. The molecule has 0 radical (unpaired) electrons. The number of benzene rings is 1. The summed E-state index contributed by atoms with van der Waals surface area (Å²) >= 11 is 1.81. The number of aryl methyl sites for hydroxylation is 2. The summed E-state index contributed by atoms with van der Waals surface area (Å²) in [6.45, 7) is 2.78. The van der Waals surface area contributed by atoms with E-state index >= 15 is 0 Å². The first kappa shape index (κ1) is 13.3. The van der Waals surface area contributed by atoms with Crippen LogP contribution in [0.2, 0.25) is 0 Å².